The van der Waals surface area contributed by atoms with Gasteiger partial charge in [-0.3, -0.25) is 4.68 Å². The highest BCUT2D eigenvalue weighted by Crippen LogP contribution is 2.10. The van der Waals surface area contributed by atoms with Crippen molar-refractivity contribution in [3.63, 3.8) is 0 Å². The summed E-state index contributed by atoms with van der Waals surface area (Å²) in [5.74, 6) is 0.176. The second-order valence-electron chi connectivity index (χ2n) is 5.43. The predicted molar refractivity (Wildman–Crippen MR) is 81.2 cm³/mol. The fourth-order valence-electron chi connectivity index (χ4n) is 1.82. The molecule has 1 aromatic rings. The molecule has 0 radical (unpaired) electrons. The average Bonchev–Trinajstić information content (AvgIpc) is 2.80. The van der Waals surface area contributed by atoms with E-state index in [9.17, 15) is 8.42 Å². The van der Waals surface area contributed by atoms with Crippen LogP contribution in [-0.2, 0) is 10.0 Å². The van der Waals surface area contributed by atoms with Crippen molar-refractivity contribution in [2.45, 2.75) is 39.3 Å². The SMILES string of the molecule is Cc1cnn([C@@H](C)[C@@H](C)NCCCS(=O)(=O)N(C)C)c1. The molecule has 0 fully saturated rings. The molecule has 1 N–H and O–H groups in total. The van der Waals surface area contributed by atoms with Gasteiger partial charge in [0.25, 0.3) is 0 Å². The number of hydrogen-bond acceptors (Lipinski definition) is 4. The van der Waals surface area contributed by atoms with Crippen LogP contribution in [0.3, 0.4) is 0 Å². The van der Waals surface area contributed by atoms with Crippen LogP contribution in [0.25, 0.3) is 0 Å². The standard InChI is InChI=1S/C13H26N4O2S/c1-11-9-15-17(10-11)13(3)12(2)14-7-6-8-20(18,19)16(4)5/h9-10,12-14H,6-8H2,1-5H3/t12-,13+/m1/s1. The molecule has 1 heterocycles. The van der Waals surface area contributed by atoms with Gasteiger partial charge in [0.05, 0.1) is 18.0 Å². The molecule has 2 atom stereocenters. The van der Waals surface area contributed by atoms with Gasteiger partial charge in [-0.15, -0.1) is 0 Å². The zero-order valence-electron chi connectivity index (χ0n) is 13.0. The molecule has 6 nitrogen and oxygen atoms in total. The Kier molecular flexibility index (Phi) is 6.16. The molecule has 1 rings (SSSR count). The van der Waals surface area contributed by atoms with Gasteiger partial charge in [-0.25, -0.2) is 12.7 Å². The van der Waals surface area contributed by atoms with Gasteiger partial charge in [-0.1, -0.05) is 0 Å². The van der Waals surface area contributed by atoms with Crippen LogP contribution in [0.2, 0.25) is 0 Å². The van der Waals surface area contributed by atoms with Crippen molar-refractivity contribution in [2.24, 2.45) is 0 Å². The zero-order valence-corrected chi connectivity index (χ0v) is 13.8. The van der Waals surface area contributed by atoms with Crippen LogP contribution in [0.15, 0.2) is 12.4 Å². The first-order valence-corrected chi connectivity index (χ1v) is 8.49. The summed E-state index contributed by atoms with van der Waals surface area (Å²) in [5, 5.41) is 7.66. The quantitative estimate of drug-likeness (QED) is 0.728. The lowest BCUT2D eigenvalue weighted by Crippen LogP contribution is -2.35. The van der Waals surface area contributed by atoms with Crippen LogP contribution < -0.4 is 5.32 Å². The Morgan fingerprint density at radius 3 is 2.55 bits per heavy atom. The van der Waals surface area contributed by atoms with Gasteiger partial charge >= 0.3 is 0 Å². The van der Waals surface area contributed by atoms with Gasteiger partial charge in [0.15, 0.2) is 0 Å². The second kappa shape index (κ2) is 7.19. The molecule has 20 heavy (non-hydrogen) atoms. The molecule has 0 aromatic carbocycles. The number of aryl methyl sites for hydroxylation is 1. The molecule has 0 aliphatic heterocycles. The van der Waals surface area contributed by atoms with Crippen molar-refractivity contribution in [2.75, 3.05) is 26.4 Å². The Balaban J connectivity index is 2.35. The maximum Gasteiger partial charge on any atom is 0.213 e. The average molecular weight is 302 g/mol. The third-order valence-electron chi connectivity index (χ3n) is 3.47. The van der Waals surface area contributed by atoms with E-state index in [2.05, 4.69) is 24.3 Å². The minimum absolute atomic E-state index is 0.176. The monoisotopic (exact) mass is 302 g/mol. The highest BCUT2D eigenvalue weighted by molar-refractivity contribution is 7.89. The summed E-state index contributed by atoms with van der Waals surface area (Å²) >= 11 is 0. The Hall–Kier alpha value is -0.920. The van der Waals surface area contributed by atoms with Gasteiger partial charge in [0.1, 0.15) is 0 Å². The predicted octanol–water partition coefficient (Wildman–Crippen LogP) is 1.01. The molecule has 1 aromatic heterocycles. The lowest BCUT2D eigenvalue weighted by molar-refractivity contribution is 0.366. The smallest absolute Gasteiger partial charge is 0.213 e. The van der Waals surface area contributed by atoms with Gasteiger partial charge in [0.2, 0.25) is 10.0 Å². The molecule has 0 saturated carbocycles. The summed E-state index contributed by atoms with van der Waals surface area (Å²) in [6.45, 7) is 6.88. The second-order valence-corrected chi connectivity index (χ2v) is 7.74. The van der Waals surface area contributed by atoms with E-state index in [0.29, 0.717) is 13.0 Å². The van der Waals surface area contributed by atoms with E-state index in [1.165, 1.54) is 4.31 Å². The number of nitrogens with one attached hydrogen (secondary N) is 1. The molecule has 0 saturated heterocycles. The Morgan fingerprint density at radius 2 is 2.05 bits per heavy atom. The third kappa shape index (κ3) is 4.88. The Morgan fingerprint density at radius 1 is 1.40 bits per heavy atom. The van der Waals surface area contributed by atoms with E-state index < -0.39 is 10.0 Å². The number of hydrogen-bond donors (Lipinski definition) is 1. The molecule has 0 bridgehead atoms. The van der Waals surface area contributed by atoms with Crippen molar-refractivity contribution in [3.8, 4) is 0 Å². The highest BCUT2D eigenvalue weighted by atomic mass is 32.2. The Labute approximate surface area is 122 Å². The highest BCUT2D eigenvalue weighted by Gasteiger charge is 2.16. The third-order valence-corrected chi connectivity index (χ3v) is 5.39. The van der Waals surface area contributed by atoms with E-state index in [0.717, 1.165) is 5.56 Å². The van der Waals surface area contributed by atoms with Crippen LogP contribution in [0.4, 0.5) is 0 Å². The first-order chi connectivity index (χ1) is 9.24. The Bertz CT molecular complexity index is 510. The maximum atomic E-state index is 11.6. The van der Waals surface area contributed by atoms with Crippen molar-refractivity contribution < 1.29 is 8.42 Å². The summed E-state index contributed by atoms with van der Waals surface area (Å²) in [7, 11) is 0.0366. The van der Waals surface area contributed by atoms with Crippen LogP contribution >= 0.6 is 0 Å². The molecule has 0 unspecified atom stereocenters. The molecular weight excluding hydrogens is 276 g/mol. The van der Waals surface area contributed by atoms with Gasteiger partial charge in [0, 0.05) is 26.3 Å². The number of nitrogens with zero attached hydrogens (tertiary/aromatic N) is 3. The van der Waals surface area contributed by atoms with E-state index in [4.69, 9.17) is 0 Å². The largest absolute Gasteiger partial charge is 0.312 e. The maximum absolute atomic E-state index is 11.6. The number of sulfonamides is 1. The fraction of sp³-hybridized carbons (Fsp3) is 0.769. The van der Waals surface area contributed by atoms with Crippen LogP contribution in [-0.4, -0.2) is 54.9 Å². The summed E-state index contributed by atoms with van der Waals surface area (Å²) in [4.78, 5) is 0. The van der Waals surface area contributed by atoms with Crippen molar-refractivity contribution in [1.82, 2.24) is 19.4 Å². The van der Waals surface area contributed by atoms with Gasteiger partial charge in [-0.2, -0.15) is 5.10 Å². The molecule has 0 spiro atoms. The number of rotatable bonds is 8. The van der Waals surface area contributed by atoms with Gasteiger partial charge in [-0.05, 0) is 39.3 Å². The molecular formula is C13H26N4O2S. The topological polar surface area (TPSA) is 67.2 Å². The van der Waals surface area contributed by atoms with Crippen LogP contribution in [0.5, 0.6) is 0 Å². The summed E-state index contributed by atoms with van der Waals surface area (Å²) in [6, 6.07) is 0.463. The molecule has 7 heteroatoms. The first-order valence-electron chi connectivity index (χ1n) is 6.88. The van der Waals surface area contributed by atoms with E-state index >= 15 is 0 Å². The molecule has 0 aliphatic rings. The molecule has 0 aliphatic carbocycles. The lowest BCUT2D eigenvalue weighted by Gasteiger charge is -2.22. The lowest BCUT2D eigenvalue weighted by atomic mass is 10.1. The first kappa shape index (κ1) is 17.1. The van der Waals surface area contributed by atoms with Crippen LogP contribution in [0, 0.1) is 6.92 Å². The number of aromatic nitrogens is 2. The van der Waals surface area contributed by atoms with E-state index in [1.807, 2.05) is 24.0 Å². The minimum Gasteiger partial charge on any atom is -0.312 e. The van der Waals surface area contributed by atoms with Crippen molar-refractivity contribution in [3.05, 3.63) is 18.0 Å². The fourth-order valence-corrected chi connectivity index (χ4v) is 2.70. The minimum atomic E-state index is -3.09. The van der Waals surface area contributed by atoms with Crippen LogP contribution in [0.1, 0.15) is 31.9 Å². The zero-order chi connectivity index (χ0) is 15.3. The normalized spacial score (nSPS) is 15.5. The molecule has 0 amide bonds. The van der Waals surface area contributed by atoms with Crippen molar-refractivity contribution in [1.29, 1.82) is 0 Å². The molecule has 116 valence electrons. The summed E-state index contributed by atoms with van der Waals surface area (Å²) in [5.41, 5.74) is 1.14. The summed E-state index contributed by atoms with van der Waals surface area (Å²) < 4.78 is 26.4. The van der Waals surface area contributed by atoms with Gasteiger partial charge < -0.3 is 5.32 Å². The summed E-state index contributed by atoms with van der Waals surface area (Å²) in [6.07, 6.45) is 4.46. The van der Waals surface area contributed by atoms with Crippen molar-refractivity contribution >= 4 is 10.0 Å². The van der Waals surface area contributed by atoms with E-state index in [1.54, 1.807) is 14.1 Å². The van der Waals surface area contributed by atoms with E-state index in [-0.39, 0.29) is 17.8 Å².